The summed E-state index contributed by atoms with van der Waals surface area (Å²) >= 11 is 0. The molecule has 18 heavy (non-hydrogen) atoms. The molecule has 0 amide bonds. The van der Waals surface area contributed by atoms with Crippen LogP contribution in [0.5, 0.6) is 0 Å². The number of aromatic nitrogens is 1. The lowest BCUT2D eigenvalue weighted by Crippen LogP contribution is -2.38. The van der Waals surface area contributed by atoms with E-state index in [2.05, 4.69) is 16.4 Å². The number of hydrogen-bond donors (Lipinski definition) is 1. The van der Waals surface area contributed by atoms with Gasteiger partial charge in [0.1, 0.15) is 5.78 Å². The first kappa shape index (κ1) is 11.8. The topological polar surface area (TPSA) is 51.2 Å². The summed E-state index contributed by atoms with van der Waals surface area (Å²) in [5.41, 5.74) is 2.22. The van der Waals surface area contributed by atoms with Gasteiger partial charge in [-0.25, -0.2) is 0 Å². The molecule has 96 valence electrons. The molecular formula is C14H18N2O2. The molecule has 0 spiro atoms. The third kappa shape index (κ3) is 1.85. The molecule has 1 aliphatic heterocycles. The van der Waals surface area contributed by atoms with E-state index in [1.54, 1.807) is 6.20 Å². The van der Waals surface area contributed by atoms with Crippen molar-refractivity contribution in [3.8, 4) is 0 Å². The van der Waals surface area contributed by atoms with Crippen molar-refractivity contribution >= 4 is 5.78 Å². The van der Waals surface area contributed by atoms with Crippen LogP contribution >= 0.6 is 0 Å². The molecule has 0 bridgehead atoms. The summed E-state index contributed by atoms with van der Waals surface area (Å²) in [6, 6.07) is 4.18. The minimum absolute atomic E-state index is 0.0204. The summed E-state index contributed by atoms with van der Waals surface area (Å²) in [5, 5.41) is 3.18. The molecule has 2 heterocycles. The van der Waals surface area contributed by atoms with Crippen LogP contribution in [-0.2, 0) is 16.0 Å². The van der Waals surface area contributed by atoms with E-state index >= 15 is 0 Å². The van der Waals surface area contributed by atoms with E-state index in [0.29, 0.717) is 19.0 Å². The number of pyridine rings is 1. The lowest BCUT2D eigenvalue weighted by molar-refractivity contribution is -0.124. The van der Waals surface area contributed by atoms with Gasteiger partial charge in [-0.3, -0.25) is 9.78 Å². The van der Waals surface area contributed by atoms with Crippen LogP contribution in [0.1, 0.15) is 23.6 Å². The highest BCUT2D eigenvalue weighted by Gasteiger charge is 2.39. The van der Waals surface area contributed by atoms with Gasteiger partial charge in [-0.1, -0.05) is 6.07 Å². The average Bonchev–Trinajstić information content (AvgIpc) is 3.04. The van der Waals surface area contributed by atoms with Crippen molar-refractivity contribution in [3.63, 3.8) is 0 Å². The third-order valence-electron chi connectivity index (χ3n) is 4.12. The highest BCUT2D eigenvalue weighted by Crippen LogP contribution is 2.35. The van der Waals surface area contributed by atoms with Crippen LogP contribution in [0.15, 0.2) is 18.3 Å². The van der Waals surface area contributed by atoms with Gasteiger partial charge in [-0.15, -0.1) is 0 Å². The van der Waals surface area contributed by atoms with E-state index in [0.717, 1.165) is 18.5 Å². The Bertz CT molecular complexity index is 461. The third-order valence-corrected chi connectivity index (χ3v) is 4.12. The Morgan fingerprint density at radius 1 is 1.50 bits per heavy atom. The van der Waals surface area contributed by atoms with Crippen molar-refractivity contribution in [2.45, 2.75) is 24.8 Å². The molecule has 1 aliphatic carbocycles. The number of carbonyl (C=O) groups is 1. The Labute approximate surface area is 107 Å². The van der Waals surface area contributed by atoms with E-state index in [-0.39, 0.29) is 17.9 Å². The Kier molecular flexibility index (Phi) is 3.14. The smallest absolute Gasteiger partial charge is 0.148 e. The number of carbonyl (C=O) groups excluding carboxylic acids is 1. The summed E-state index contributed by atoms with van der Waals surface area (Å²) in [7, 11) is 1.89. The van der Waals surface area contributed by atoms with E-state index in [4.69, 9.17) is 4.74 Å². The predicted octanol–water partition coefficient (Wildman–Crippen LogP) is 0.915. The van der Waals surface area contributed by atoms with E-state index < -0.39 is 0 Å². The second-order valence-corrected chi connectivity index (χ2v) is 5.08. The number of fused-ring (bicyclic) bond motifs is 1. The highest BCUT2D eigenvalue weighted by atomic mass is 16.5. The van der Waals surface area contributed by atoms with Crippen LogP contribution in [0.25, 0.3) is 0 Å². The maximum absolute atomic E-state index is 12.6. The molecule has 1 saturated heterocycles. The maximum atomic E-state index is 12.6. The zero-order chi connectivity index (χ0) is 12.5. The highest BCUT2D eigenvalue weighted by molar-refractivity contribution is 5.89. The zero-order valence-corrected chi connectivity index (χ0v) is 10.6. The zero-order valence-electron chi connectivity index (χ0n) is 10.6. The minimum Gasteiger partial charge on any atom is -0.379 e. The number of nitrogens with zero attached hydrogens (tertiary/aromatic N) is 1. The van der Waals surface area contributed by atoms with Crippen LogP contribution in [-0.4, -0.2) is 37.1 Å². The molecule has 1 aromatic rings. The van der Waals surface area contributed by atoms with Gasteiger partial charge < -0.3 is 10.1 Å². The Balaban J connectivity index is 1.82. The number of rotatable bonds is 3. The van der Waals surface area contributed by atoms with E-state index in [1.165, 1.54) is 5.56 Å². The van der Waals surface area contributed by atoms with Gasteiger partial charge in [0, 0.05) is 12.2 Å². The van der Waals surface area contributed by atoms with Gasteiger partial charge in [0.25, 0.3) is 0 Å². The van der Waals surface area contributed by atoms with Crippen molar-refractivity contribution in [1.29, 1.82) is 0 Å². The molecule has 4 nitrogen and oxygen atoms in total. The van der Waals surface area contributed by atoms with Crippen LogP contribution in [0, 0.1) is 5.92 Å². The molecule has 0 saturated carbocycles. The number of Topliss-reactive ketones (excluding diaryl/α,β-unsaturated/α-hetero) is 1. The van der Waals surface area contributed by atoms with Gasteiger partial charge in [-0.2, -0.15) is 0 Å². The molecule has 3 unspecified atom stereocenters. The van der Waals surface area contributed by atoms with Crippen molar-refractivity contribution in [2.75, 3.05) is 20.3 Å². The number of ketones is 1. The molecule has 1 N–H and O–H groups in total. The molecule has 0 aromatic carbocycles. The predicted molar refractivity (Wildman–Crippen MR) is 67.5 cm³/mol. The van der Waals surface area contributed by atoms with Gasteiger partial charge in [0.2, 0.25) is 0 Å². The van der Waals surface area contributed by atoms with Crippen molar-refractivity contribution in [1.82, 2.24) is 10.3 Å². The van der Waals surface area contributed by atoms with Crippen LogP contribution in [0.4, 0.5) is 0 Å². The fourth-order valence-corrected chi connectivity index (χ4v) is 3.07. The minimum atomic E-state index is -0.0243. The van der Waals surface area contributed by atoms with E-state index in [1.807, 2.05) is 13.1 Å². The first-order valence-electron chi connectivity index (χ1n) is 6.53. The normalized spacial score (nSPS) is 30.4. The van der Waals surface area contributed by atoms with Crippen molar-refractivity contribution in [2.24, 2.45) is 5.92 Å². The summed E-state index contributed by atoms with van der Waals surface area (Å²) in [5.74, 6) is 0.251. The maximum Gasteiger partial charge on any atom is 0.148 e. The monoisotopic (exact) mass is 246 g/mol. The second-order valence-electron chi connectivity index (χ2n) is 5.08. The van der Waals surface area contributed by atoms with Gasteiger partial charge in [0.05, 0.1) is 30.7 Å². The SMILES string of the molecule is CNC1COCC1C(=O)C1CCc2cccnc21. The molecule has 1 fully saturated rings. The van der Waals surface area contributed by atoms with Gasteiger partial charge in [0.15, 0.2) is 0 Å². The second kappa shape index (κ2) is 4.78. The molecule has 1 aromatic heterocycles. The molecule has 3 atom stereocenters. The van der Waals surface area contributed by atoms with Crippen molar-refractivity contribution in [3.05, 3.63) is 29.6 Å². The lowest BCUT2D eigenvalue weighted by atomic mass is 9.88. The van der Waals surface area contributed by atoms with Crippen LogP contribution < -0.4 is 5.32 Å². The number of aryl methyl sites for hydroxylation is 1. The first-order chi connectivity index (χ1) is 8.81. The molecular weight excluding hydrogens is 228 g/mol. The Morgan fingerprint density at radius 2 is 2.39 bits per heavy atom. The van der Waals surface area contributed by atoms with Crippen LogP contribution in [0.3, 0.4) is 0 Å². The van der Waals surface area contributed by atoms with Crippen LogP contribution in [0.2, 0.25) is 0 Å². The summed E-state index contributed by atoms with van der Waals surface area (Å²) in [4.78, 5) is 17.0. The number of hydrogen-bond acceptors (Lipinski definition) is 4. The summed E-state index contributed by atoms with van der Waals surface area (Å²) in [6.07, 6.45) is 3.65. The number of likely N-dealkylation sites (N-methyl/N-ethyl adjacent to an activating group) is 1. The first-order valence-corrected chi connectivity index (χ1v) is 6.53. The molecule has 3 rings (SSSR count). The largest absolute Gasteiger partial charge is 0.379 e. The van der Waals surface area contributed by atoms with Crippen molar-refractivity contribution < 1.29 is 9.53 Å². The average molecular weight is 246 g/mol. The summed E-state index contributed by atoms with van der Waals surface area (Å²) in [6.45, 7) is 1.18. The molecule has 4 heteroatoms. The van der Waals surface area contributed by atoms with Gasteiger partial charge in [-0.05, 0) is 31.5 Å². The Morgan fingerprint density at radius 3 is 3.22 bits per heavy atom. The lowest BCUT2D eigenvalue weighted by Gasteiger charge is -2.19. The fraction of sp³-hybridized carbons (Fsp3) is 0.571. The van der Waals surface area contributed by atoms with E-state index in [9.17, 15) is 4.79 Å². The molecule has 0 radical (unpaired) electrons. The fourth-order valence-electron chi connectivity index (χ4n) is 3.07. The Hall–Kier alpha value is -1.26. The standard InChI is InChI=1S/C14H18N2O2/c1-15-12-8-18-7-11(12)14(17)10-5-4-9-3-2-6-16-13(9)10/h2-3,6,10-12,15H,4-5,7-8H2,1H3. The quantitative estimate of drug-likeness (QED) is 0.861. The molecule has 2 aliphatic rings. The number of ether oxygens (including phenoxy) is 1. The number of nitrogens with one attached hydrogen (secondary N) is 1. The summed E-state index contributed by atoms with van der Waals surface area (Å²) < 4.78 is 5.43. The van der Waals surface area contributed by atoms with Gasteiger partial charge >= 0.3 is 0 Å².